The van der Waals surface area contributed by atoms with E-state index in [2.05, 4.69) is 38.1 Å². The zero-order chi connectivity index (χ0) is 9.97. The van der Waals surface area contributed by atoms with Gasteiger partial charge in [-0.15, -0.1) is 0 Å². The Morgan fingerprint density at radius 3 is 2.57 bits per heavy atom. The van der Waals surface area contributed by atoms with Crippen LogP contribution in [0.2, 0.25) is 0 Å². The SMILES string of the molecule is Cc1ccc(C2=NC(C)CCC2)cc1. The minimum atomic E-state index is 0.514. The van der Waals surface area contributed by atoms with E-state index in [9.17, 15) is 0 Å². The van der Waals surface area contributed by atoms with Crippen molar-refractivity contribution in [1.82, 2.24) is 0 Å². The van der Waals surface area contributed by atoms with Gasteiger partial charge in [0.25, 0.3) is 0 Å². The summed E-state index contributed by atoms with van der Waals surface area (Å²) in [4.78, 5) is 4.70. The number of hydrogen-bond acceptors (Lipinski definition) is 1. The fourth-order valence-electron chi connectivity index (χ4n) is 1.92. The van der Waals surface area contributed by atoms with E-state index in [0.717, 1.165) is 6.42 Å². The molecule has 74 valence electrons. The van der Waals surface area contributed by atoms with Crippen molar-refractivity contribution in [1.29, 1.82) is 0 Å². The monoisotopic (exact) mass is 187 g/mol. The molecule has 1 heteroatoms. The quantitative estimate of drug-likeness (QED) is 0.639. The van der Waals surface area contributed by atoms with Crippen LogP contribution in [0.5, 0.6) is 0 Å². The first-order valence-corrected chi connectivity index (χ1v) is 5.39. The Kier molecular flexibility index (Phi) is 2.67. The molecule has 1 aromatic rings. The van der Waals surface area contributed by atoms with E-state index in [1.54, 1.807) is 0 Å². The van der Waals surface area contributed by atoms with Gasteiger partial charge >= 0.3 is 0 Å². The minimum absolute atomic E-state index is 0.514. The highest BCUT2D eigenvalue weighted by Gasteiger charge is 2.11. The molecule has 1 aliphatic heterocycles. The number of aryl methyl sites for hydroxylation is 1. The lowest BCUT2D eigenvalue weighted by molar-refractivity contribution is 0.610. The minimum Gasteiger partial charge on any atom is -0.286 e. The third-order valence-electron chi connectivity index (χ3n) is 2.80. The lowest BCUT2D eigenvalue weighted by atomic mass is 9.98. The predicted octanol–water partition coefficient (Wildman–Crippen LogP) is 3.36. The van der Waals surface area contributed by atoms with Crippen LogP contribution in [-0.2, 0) is 0 Å². The Labute approximate surface area is 85.9 Å². The van der Waals surface area contributed by atoms with Crippen LogP contribution in [0.3, 0.4) is 0 Å². The fourth-order valence-corrected chi connectivity index (χ4v) is 1.92. The summed E-state index contributed by atoms with van der Waals surface area (Å²) >= 11 is 0. The highest BCUT2D eigenvalue weighted by molar-refractivity contribution is 6.01. The van der Waals surface area contributed by atoms with Crippen LogP contribution in [-0.4, -0.2) is 11.8 Å². The van der Waals surface area contributed by atoms with Gasteiger partial charge in [0.15, 0.2) is 0 Å². The Bertz CT molecular complexity index is 335. The second-order valence-corrected chi connectivity index (χ2v) is 4.18. The van der Waals surface area contributed by atoms with Crippen molar-refractivity contribution in [2.75, 3.05) is 0 Å². The zero-order valence-electron chi connectivity index (χ0n) is 8.96. The smallest absolute Gasteiger partial charge is 0.0475 e. The number of hydrogen-bond donors (Lipinski definition) is 0. The molecule has 0 N–H and O–H groups in total. The van der Waals surface area contributed by atoms with Gasteiger partial charge in [0.2, 0.25) is 0 Å². The van der Waals surface area contributed by atoms with Crippen LogP contribution >= 0.6 is 0 Å². The zero-order valence-corrected chi connectivity index (χ0v) is 8.96. The summed E-state index contributed by atoms with van der Waals surface area (Å²) in [5, 5.41) is 0. The van der Waals surface area contributed by atoms with E-state index in [1.807, 2.05) is 0 Å². The molecular weight excluding hydrogens is 170 g/mol. The summed E-state index contributed by atoms with van der Waals surface area (Å²) < 4.78 is 0. The van der Waals surface area contributed by atoms with Gasteiger partial charge in [0.05, 0.1) is 0 Å². The summed E-state index contributed by atoms with van der Waals surface area (Å²) in [5.74, 6) is 0. The standard InChI is InChI=1S/C13H17N/c1-10-6-8-12(9-7-10)13-5-3-4-11(2)14-13/h6-9,11H,3-5H2,1-2H3. The van der Waals surface area contributed by atoms with Crippen LogP contribution < -0.4 is 0 Å². The van der Waals surface area contributed by atoms with Crippen molar-refractivity contribution in [3.63, 3.8) is 0 Å². The van der Waals surface area contributed by atoms with Gasteiger partial charge in [-0.3, -0.25) is 4.99 Å². The van der Waals surface area contributed by atoms with E-state index in [-0.39, 0.29) is 0 Å². The Morgan fingerprint density at radius 1 is 1.21 bits per heavy atom. The van der Waals surface area contributed by atoms with E-state index in [4.69, 9.17) is 4.99 Å². The molecule has 1 aromatic carbocycles. The second-order valence-electron chi connectivity index (χ2n) is 4.18. The molecule has 0 aromatic heterocycles. The molecule has 0 radical (unpaired) electrons. The highest BCUT2D eigenvalue weighted by atomic mass is 14.8. The van der Waals surface area contributed by atoms with E-state index in [0.29, 0.717) is 6.04 Å². The molecule has 1 nitrogen and oxygen atoms in total. The van der Waals surface area contributed by atoms with Gasteiger partial charge in [0.1, 0.15) is 0 Å². The summed E-state index contributed by atoms with van der Waals surface area (Å²) in [6.07, 6.45) is 3.68. The van der Waals surface area contributed by atoms with Gasteiger partial charge in [-0.1, -0.05) is 29.8 Å². The molecule has 0 saturated heterocycles. The third-order valence-corrected chi connectivity index (χ3v) is 2.80. The van der Waals surface area contributed by atoms with Crippen molar-refractivity contribution >= 4 is 5.71 Å². The Hall–Kier alpha value is -1.11. The average molecular weight is 187 g/mol. The van der Waals surface area contributed by atoms with Gasteiger partial charge in [-0.05, 0) is 38.7 Å². The maximum atomic E-state index is 4.70. The third kappa shape index (κ3) is 2.03. The number of benzene rings is 1. The summed E-state index contributed by atoms with van der Waals surface area (Å²) in [5.41, 5.74) is 3.92. The normalized spacial score (nSPS) is 21.9. The summed E-state index contributed by atoms with van der Waals surface area (Å²) in [6.45, 7) is 4.32. The first-order valence-electron chi connectivity index (χ1n) is 5.39. The van der Waals surface area contributed by atoms with E-state index < -0.39 is 0 Å². The molecule has 1 aliphatic rings. The van der Waals surface area contributed by atoms with Gasteiger partial charge in [-0.25, -0.2) is 0 Å². The predicted molar refractivity (Wildman–Crippen MR) is 61.0 cm³/mol. The maximum absolute atomic E-state index is 4.70. The second kappa shape index (κ2) is 3.95. The van der Waals surface area contributed by atoms with Crippen molar-refractivity contribution in [2.45, 2.75) is 39.2 Å². The fraction of sp³-hybridized carbons (Fsp3) is 0.462. The van der Waals surface area contributed by atoms with E-state index >= 15 is 0 Å². The number of rotatable bonds is 1. The number of aliphatic imine (C=N–C) groups is 1. The van der Waals surface area contributed by atoms with Gasteiger partial charge in [-0.2, -0.15) is 0 Å². The topological polar surface area (TPSA) is 12.4 Å². The van der Waals surface area contributed by atoms with Crippen LogP contribution in [0, 0.1) is 6.92 Å². The molecular formula is C13H17N. The van der Waals surface area contributed by atoms with Crippen molar-refractivity contribution in [3.05, 3.63) is 35.4 Å². The molecule has 1 heterocycles. The summed E-state index contributed by atoms with van der Waals surface area (Å²) in [6, 6.07) is 9.21. The Morgan fingerprint density at radius 2 is 1.93 bits per heavy atom. The van der Waals surface area contributed by atoms with E-state index in [1.165, 1.54) is 29.7 Å². The lowest BCUT2D eigenvalue weighted by Gasteiger charge is -2.17. The maximum Gasteiger partial charge on any atom is 0.0475 e. The Balaban J connectivity index is 2.26. The highest BCUT2D eigenvalue weighted by Crippen LogP contribution is 2.18. The van der Waals surface area contributed by atoms with Crippen molar-refractivity contribution in [2.24, 2.45) is 4.99 Å². The van der Waals surface area contributed by atoms with Gasteiger partial charge in [0, 0.05) is 11.8 Å². The number of nitrogens with zero attached hydrogens (tertiary/aromatic N) is 1. The molecule has 0 bridgehead atoms. The molecule has 1 unspecified atom stereocenters. The molecule has 2 rings (SSSR count). The summed E-state index contributed by atoms with van der Waals surface area (Å²) in [7, 11) is 0. The molecule has 14 heavy (non-hydrogen) atoms. The van der Waals surface area contributed by atoms with Crippen LogP contribution in [0.15, 0.2) is 29.3 Å². The van der Waals surface area contributed by atoms with Crippen LogP contribution in [0.25, 0.3) is 0 Å². The van der Waals surface area contributed by atoms with Gasteiger partial charge < -0.3 is 0 Å². The largest absolute Gasteiger partial charge is 0.286 e. The van der Waals surface area contributed by atoms with Crippen molar-refractivity contribution in [3.8, 4) is 0 Å². The van der Waals surface area contributed by atoms with Crippen LogP contribution in [0.1, 0.15) is 37.3 Å². The molecule has 0 spiro atoms. The lowest BCUT2D eigenvalue weighted by Crippen LogP contribution is -2.13. The molecule has 0 aliphatic carbocycles. The molecule has 0 amide bonds. The average Bonchev–Trinajstić information content (AvgIpc) is 2.19. The van der Waals surface area contributed by atoms with Crippen LogP contribution in [0.4, 0.5) is 0 Å². The van der Waals surface area contributed by atoms with Crippen molar-refractivity contribution < 1.29 is 0 Å². The molecule has 1 atom stereocenters. The molecule has 0 saturated carbocycles. The molecule has 0 fully saturated rings. The first-order chi connectivity index (χ1) is 6.75. The first kappa shape index (κ1) is 9.45.